The summed E-state index contributed by atoms with van der Waals surface area (Å²) in [5.41, 5.74) is 1.89. The Hall–Kier alpha value is -4.33. The topological polar surface area (TPSA) is 133 Å². The number of aromatic nitrogens is 7. The maximum Gasteiger partial charge on any atom is 0.453 e. The minimum Gasteiger partial charge on any atom is -0.350 e. The number of nitrogens with zero attached hydrogens (tertiary/aromatic N) is 7. The number of anilines is 1. The number of pyridine rings is 1. The van der Waals surface area contributed by atoms with Crippen LogP contribution >= 0.6 is 11.6 Å². The van der Waals surface area contributed by atoms with Crippen molar-refractivity contribution in [3.63, 3.8) is 0 Å². The summed E-state index contributed by atoms with van der Waals surface area (Å²) in [4.78, 5) is 30.7. The Morgan fingerprint density at radius 1 is 1.13 bits per heavy atom. The molecule has 0 bridgehead atoms. The molecule has 4 rings (SSSR count). The first-order valence-corrected chi connectivity index (χ1v) is 12.0. The van der Waals surface area contributed by atoms with Gasteiger partial charge in [-0.15, -0.1) is 5.10 Å². The van der Waals surface area contributed by atoms with Crippen LogP contribution in [0.3, 0.4) is 0 Å². The van der Waals surface area contributed by atoms with E-state index in [1.807, 2.05) is 20.8 Å². The number of hydrogen-bond acceptors (Lipinski definition) is 7. The molecule has 0 aliphatic carbocycles. The fourth-order valence-electron chi connectivity index (χ4n) is 3.86. The van der Waals surface area contributed by atoms with Crippen molar-refractivity contribution in [2.45, 2.75) is 46.5 Å². The van der Waals surface area contributed by atoms with Crippen LogP contribution in [0.1, 0.15) is 57.3 Å². The van der Waals surface area contributed by atoms with Crippen LogP contribution in [0.5, 0.6) is 0 Å². The van der Waals surface area contributed by atoms with E-state index in [2.05, 4.69) is 36.2 Å². The maximum atomic E-state index is 13.6. The van der Waals surface area contributed by atoms with Crippen molar-refractivity contribution in [3.05, 3.63) is 75.5 Å². The molecular weight excluding hydrogens is 539 g/mol. The molecule has 3 aromatic heterocycles. The molecule has 0 saturated heterocycles. The lowest BCUT2D eigenvalue weighted by Crippen LogP contribution is -2.31. The number of hydrogen-bond donors (Lipinski definition) is 2. The first-order valence-electron chi connectivity index (χ1n) is 11.6. The molecule has 2 N–H and O–H groups in total. The molecule has 0 unspecified atom stereocenters. The Morgan fingerprint density at radius 3 is 2.54 bits per heavy atom. The number of amides is 2. The molecule has 15 heteroatoms. The lowest BCUT2D eigenvalue weighted by molar-refractivity contribution is -0.147. The number of alkyl halides is 3. The molecule has 11 nitrogen and oxygen atoms in total. The number of benzene rings is 1. The molecule has 0 radical (unpaired) electrons. The SMILES string of the molecule is Cc1cc(C)c(NC(=O)c2cc(Cn3nnnc3C(F)(F)F)nn2-c2ncccc2Cl)c(C(=O)NC(C)C)c1. The van der Waals surface area contributed by atoms with E-state index in [0.717, 1.165) is 10.2 Å². The zero-order chi connectivity index (χ0) is 28.5. The number of halogens is 4. The standard InChI is InChI=1S/C24H23ClF3N9O2/c1-12(2)30-21(38)16-9-13(3)8-14(4)19(16)31-22(39)18-10-15(11-36-23(24(26,27)28)32-34-35-36)33-37(18)20-17(25)6-5-7-29-20/h5-10,12H,11H2,1-4H3,(H,30,38)(H,31,39). The first kappa shape index (κ1) is 27.7. The van der Waals surface area contributed by atoms with Crippen LogP contribution in [-0.4, -0.2) is 52.8 Å². The molecule has 0 spiro atoms. The van der Waals surface area contributed by atoms with Crippen molar-refractivity contribution in [2.75, 3.05) is 5.32 Å². The van der Waals surface area contributed by atoms with Crippen molar-refractivity contribution in [3.8, 4) is 5.82 Å². The average Bonchev–Trinajstić information content (AvgIpc) is 3.48. The van der Waals surface area contributed by atoms with Crippen LogP contribution in [-0.2, 0) is 12.7 Å². The van der Waals surface area contributed by atoms with Gasteiger partial charge in [0.2, 0.25) is 0 Å². The van der Waals surface area contributed by atoms with Crippen molar-refractivity contribution in [2.24, 2.45) is 0 Å². The summed E-state index contributed by atoms with van der Waals surface area (Å²) < 4.78 is 41.5. The van der Waals surface area contributed by atoms with Gasteiger partial charge in [0.25, 0.3) is 17.6 Å². The number of nitrogens with one attached hydrogen (secondary N) is 2. The zero-order valence-corrected chi connectivity index (χ0v) is 22.0. The summed E-state index contributed by atoms with van der Waals surface area (Å²) in [6.07, 6.45) is -3.38. The first-order chi connectivity index (χ1) is 18.3. The van der Waals surface area contributed by atoms with Crippen molar-refractivity contribution in [1.82, 2.24) is 40.3 Å². The predicted molar refractivity (Wildman–Crippen MR) is 135 cm³/mol. The van der Waals surface area contributed by atoms with E-state index in [-0.39, 0.29) is 45.4 Å². The molecule has 1 aromatic carbocycles. The van der Waals surface area contributed by atoms with Crippen LogP contribution in [0.25, 0.3) is 5.82 Å². The number of tetrazole rings is 1. The third-order valence-electron chi connectivity index (χ3n) is 5.41. The molecule has 0 aliphatic heterocycles. The molecule has 0 atom stereocenters. The second kappa shape index (κ2) is 10.8. The van der Waals surface area contributed by atoms with Gasteiger partial charge in [-0.1, -0.05) is 17.7 Å². The molecule has 0 aliphatic rings. The summed E-state index contributed by atoms with van der Waals surface area (Å²) in [5.74, 6) is -2.34. The van der Waals surface area contributed by atoms with Gasteiger partial charge in [0.1, 0.15) is 5.69 Å². The van der Waals surface area contributed by atoms with Gasteiger partial charge in [-0.3, -0.25) is 9.59 Å². The monoisotopic (exact) mass is 561 g/mol. The highest BCUT2D eigenvalue weighted by molar-refractivity contribution is 6.32. The number of carbonyl (C=O) groups excluding carboxylic acids is 2. The van der Waals surface area contributed by atoms with Crippen LogP contribution < -0.4 is 10.6 Å². The van der Waals surface area contributed by atoms with E-state index in [4.69, 9.17) is 11.6 Å². The lowest BCUT2D eigenvalue weighted by atomic mass is 10.0. The highest BCUT2D eigenvalue weighted by Gasteiger charge is 2.38. The fourth-order valence-corrected chi connectivity index (χ4v) is 4.06. The minimum atomic E-state index is -4.80. The van der Waals surface area contributed by atoms with Gasteiger partial charge in [-0.25, -0.2) is 14.3 Å². The minimum absolute atomic E-state index is 0.0260. The zero-order valence-electron chi connectivity index (χ0n) is 21.2. The summed E-state index contributed by atoms with van der Waals surface area (Å²) in [6, 6.07) is 7.67. The Labute approximate surface area is 225 Å². The normalized spacial score (nSPS) is 11.6. The van der Waals surface area contributed by atoms with Crippen molar-refractivity contribution in [1.29, 1.82) is 0 Å². The largest absolute Gasteiger partial charge is 0.453 e. The third kappa shape index (κ3) is 6.06. The second-order valence-electron chi connectivity index (χ2n) is 8.99. The summed E-state index contributed by atoms with van der Waals surface area (Å²) in [5, 5.41) is 19.5. The van der Waals surface area contributed by atoms with Crippen LogP contribution in [0.4, 0.5) is 18.9 Å². The van der Waals surface area contributed by atoms with Crippen LogP contribution in [0.15, 0.2) is 36.5 Å². The molecule has 204 valence electrons. The highest BCUT2D eigenvalue weighted by Crippen LogP contribution is 2.28. The van der Waals surface area contributed by atoms with Crippen LogP contribution in [0, 0.1) is 13.8 Å². The van der Waals surface area contributed by atoms with Gasteiger partial charge in [-0.2, -0.15) is 18.3 Å². The molecule has 0 fully saturated rings. The Morgan fingerprint density at radius 2 is 1.87 bits per heavy atom. The molecule has 2 amide bonds. The second-order valence-corrected chi connectivity index (χ2v) is 9.39. The van der Waals surface area contributed by atoms with Crippen molar-refractivity contribution >= 4 is 29.1 Å². The van der Waals surface area contributed by atoms with E-state index in [9.17, 15) is 22.8 Å². The Bertz CT molecular complexity index is 1550. The van der Waals surface area contributed by atoms with Crippen LogP contribution in [0.2, 0.25) is 5.02 Å². The smallest absolute Gasteiger partial charge is 0.350 e. The third-order valence-corrected chi connectivity index (χ3v) is 5.71. The van der Waals surface area contributed by atoms with Crippen molar-refractivity contribution < 1.29 is 22.8 Å². The molecule has 39 heavy (non-hydrogen) atoms. The fraction of sp³-hybridized carbons (Fsp3) is 0.292. The van der Waals surface area contributed by atoms with E-state index >= 15 is 0 Å². The number of rotatable bonds is 7. The quantitative estimate of drug-likeness (QED) is 0.349. The van der Waals surface area contributed by atoms with Gasteiger partial charge < -0.3 is 10.6 Å². The molecule has 4 aromatic rings. The number of carbonyl (C=O) groups is 2. The molecule has 0 saturated carbocycles. The lowest BCUT2D eigenvalue weighted by Gasteiger charge is -2.17. The Kier molecular flexibility index (Phi) is 7.67. The van der Waals surface area contributed by atoms with E-state index < -0.39 is 24.5 Å². The highest BCUT2D eigenvalue weighted by atomic mass is 35.5. The summed E-state index contributed by atoms with van der Waals surface area (Å²) in [6.45, 7) is 6.69. The number of aryl methyl sites for hydroxylation is 2. The summed E-state index contributed by atoms with van der Waals surface area (Å²) >= 11 is 6.30. The van der Waals surface area contributed by atoms with E-state index in [1.54, 1.807) is 25.1 Å². The van der Waals surface area contributed by atoms with Gasteiger partial charge in [0.05, 0.1) is 28.5 Å². The predicted octanol–water partition coefficient (Wildman–Crippen LogP) is 3.98. The van der Waals surface area contributed by atoms with Gasteiger partial charge >= 0.3 is 6.18 Å². The Balaban J connectivity index is 1.77. The maximum absolute atomic E-state index is 13.6. The molecular formula is C24H23ClF3N9O2. The molecule has 3 heterocycles. The van der Waals surface area contributed by atoms with E-state index in [0.29, 0.717) is 10.2 Å². The summed E-state index contributed by atoms with van der Waals surface area (Å²) in [7, 11) is 0. The van der Waals surface area contributed by atoms with E-state index in [1.165, 1.54) is 18.3 Å². The van der Waals surface area contributed by atoms with Gasteiger partial charge in [0, 0.05) is 12.2 Å². The average molecular weight is 562 g/mol. The van der Waals surface area contributed by atoms with Gasteiger partial charge in [0.15, 0.2) is 5.82 Å². The van der Waals surface area contributed by atoms with Gasteiger partial charge in [-0.05, 0) is 73.5 Å².